The van der Waals surface area contributed by atoms with Gasteiger partial charge >= 0.3 is 0 Å². The Morgan fingerprint density at radius 2 is 1.85 bits per heavy atom. The molecule has 1 heterocycles. The molecule has 3 aromatic rings. The number of hydrogen-bond acceptors (Lipinski definition) is 2. The van der Waals surface area contributed by atoms with Gasteiger partial charge in [-0.15, -0.1) is 0 Å². The van der Waals surface area contributed by atoms with E-state index in [2.05, 4.69) is 61.1 Å². The predicted octanol–water partition coefficient (Wildman–Crippen LogP) is 6.26. The molecule has 0 radical (unpaired) electrons. The van der Waals surface area contributed by atoms with E-state index < -0.39 is 0 Å². The zero-order chi connectivity index (χ0) is 19.6. The third kappa shape index (κ3) is 4.20. The van der Waals surface area contributed by atoms with Crippen LogP contribution >= 0.6 is 0 Å². The second-order valence-electron chi connectivity index (χ2n) is 7.40. The largest absolute Gasteiger partial charge is 0.373 e. The zero-order valence-electron chi connectivity index (χ0n) is 16.5. The molecule has 0 aliphatic carbocycles. The van der Waals surface area contributed by atoms with E-state index in [0.717, 1.165) is 33.3 Å². The Balaban J connectivity index is 2.01. The van der Waals surface area contributed by atoms with Gasteiger partial charge in [-0.05, 0) is 68.7 Å². The minimum absolute atomic E-state index is 0.304. The van der Waals surface area contributed by atoms with Crippen LogP contribution < -0.4 is 5.32 Å². The molecule has 0 aliphatic heterocycles. The molecule has 0 bridgehead atoms. The molecule has 0 fully saturated rings. The molecule has 0 spiro atoms. The lowest BCUT2D eigenvalue weighted by Crippen LogP contribution is -2.29. The number of aryl methyl sites for hydroxylation is 2. The summed E-state index contributed by atoms with van der Waals surface area (Å²) >= 11 is 0. The fourth-order valence-electron chi connectivity index (χ4n) is 3.31. The summed E-state index contributed by atoms with van der Waals surface area (Å²) in [6.07, 6.45) is 3.89. The molecule has 0 saturated carbocycles. The van der Waals surface area contributed by atoms with Crippen molar-refractivity contribution >= 4 is 27.9 Å². The van der Waals surface area contributed by atoms with Crippen LogP contribution in [0.1, 0.15) is 30.5 Å². The van der Waals surface area contributed by atoms with Gasteiger partial charge in [0.15, 0.2) is 0 Å². The Morgan fingerprint density at radius 1 is 1.11 bits per heavy atom. The molecule has 0 saturated heterocycles. The summed E-state index contributed by atoms with van der Waals surface area (Å²) in [7, 11) is 0. The van der Waals surface area contributed by atoms with E-state index in [4.69, 9.17) is 5.41 Å². The minimum atomic E-state index is -0.304. The molecular formula is C24H27N3. The second-order valence-corrected chi connectivity index (χ2v) is 7.40. The monoisotopic (exact) mass is 357 g/mol. The van der Waals surface area contributed by atoms with Crippen LogP contribution in [0.2, 0.25) is 0 Å². The summed E-state index contributed by atoms with van der Waals surface area (Å²) in [5, 5.41) is 13.3. The number of hydrogen-bond donors (Lipinski definition) is 3. The van der Waals surface area contributed by atoms with Gasteiger partial charge in [-0.2, -0.15) is 0 Å². The Morgan fingerprint density at radius 3 is 2.56 bits per heavy atom. The maximum Gasteiger partial charge on any atom is 0.0933 e. The summed E-state index contributed by atoms with van der Waals surface area (Å²) in [4.78, 5) is 3.34. The van der Waals surface area contributed by atoms with Crippen molar-refractivity contribution in [2.45, 2.75) is 33.7 Å². The highest BCUT2D eigenvalue weighted by Crippen LogP contribution is 2.29. The van der Waals surface area contributed by atoms with Gasteiger partial charge < -0.3 is 15.7 Å². The molecule has 0 aliphatic rings. The predicted molar refractivity (Wildman–Crippen MR) is 118 cm³/mol. The van der Waals surface area contributed by atoms with Crippen LogP contribution in [0.3, 0.4) is 0 Å². The molecule has 3 nitrogen and oxygen atoms in total. The van der Waals surface area contributed by atoms with Crippen molar-refractivity contribution in [3.63, 3.8) is 0 Å². The first-order valence-corrected chi connectivity index (χ1v) is 9.18. The highest BCUT2D eigenvalue weighted by molar-refractivity contribution is 6.09. The summed E-state index contributed by atoms with van der Waals surface area (Å²) in [6.45, 7) is 12.5. The number of H-pyrrole nitrogens is 1. The van der Waals surface area contributed by atoms with Gasteiger partial charge in [0.1, 0.15) is 0 Å². The van der Waals surface area contributed by atoms with Crippen molar-refractivity contribution in [3.05, 3.63) is 83.6 Å². The maximum absolute atomic E-state index is 8.64. The van der Waals surface area contributed by atoms with Crippen molar-refractivity contribution < 1.29 is 0 Å². The number of nitrogens with one attached hydrogen (secondary N) is 3. The molecular weight excluding hydrogens is 330 g/mol. The van der Waals surface area contributed by atoms with E-state index in [-0.39, 0.29) is 6.04 Å². The van der Waals surface area contributed by atoms with Gasteiger partial charge in [0, 0.05) is 28.4 Å². The Bertz CT molecular complexity index is 1030. The van der Waals surface area contributed by atoms with Crippen molar-refractivity contribution in [3.8, 4) is 0 Å². The van der Waals surface area contributed by atoms with Gasteiger partial charge in [-0.1, -0.05) is 36.4 Å². The summed E-state index contributed by atoms with van der Waals surface area (Å²) in [5.74, 6) is 0. The molecule has 2 aromatic carbocycles. The van der Waals surface area contributed by atoms with E-state index in [1.807, 2.05) is 38.3 Å². The third-order valence-corrected chi connectivity index (χ3v) is 4.62. The number of aromatic amines is 1. The van der Waals surface area contributed by atoms with Crippen LogP contribution in [0, 0.1) is 19.3 Å². The van der Waals surface area contributed by atoms with Gasteiger partial charge in [-0.3, -0.25) is 0 Å². The average Bonchev–Trinajstić information content (AvgIpc) is 3.01. The summed E-state index contributed by atoms with van der Waals surface area (Å²) in [5.41, 5.74) is 8.00. The molecule has 0 amide bonds. The zero-order valence-corrected chi connectivity index (χ0v) is 16.5. The average molecular weight is 358 g/mol. The van der Waals surface area contributed by atoms with E-state index in [1.165, 1.54) is 11.1 Å². The van der Waals surface area contributed by atoms with Crippen molar-refractivity contribution in [2.75, 3.05) is 5.32 Å². The second kappa shape index (κ2) is 7.67. The van der Waals surface area contributed by atoms with Gasteiger partial charge in [0.2, 0.25) is 0 Å². The van der Waals surface area contributed by atoms with Gasteiger partial charge in [0.05, 0.1) is 11.8 Å². The van der Waals surface area contributed by atoms with Crippen molar-refractivity contribution in [2.24, 2.45) is 0 Å². The highest BCUT2D eigenvalue weighted by atomic mass is 14.9. The van der Waals surface area contributed by atoms with Gasteiger partial charge in [0.25, 0.3) is 0 Å². The van der Waals surface area contributed by atoms with Crippen LogP contribution in [-0.4, -0.2) is 16.7 Å². The van der Waals surface area contributed by atoms with E-state index in [0.29, 0.717) is 5.71 Å². The Kier molecular flexibility index (Phi) is 5.31. The standard InChI is InChI=1S/C24H27N3/c1-15(2)11-22(25)24(27-19-8-6-7-16(3)12-19)18(5)21-14-26-23-13-17(4)9-10-20(21)23/h6-14,24-27H,5H2,1-4H3. The lowest BCUT2D eigenvalue weighted by molar-refractivity contribution is 1.16. The van der Waals surface area contributed by atoms with Crippen LogP contribution in [0.4, 0.5) is 5.69 Å². The SMILES string of the molecule is C=C(c1c[nH]c2cc(C)ccc12)C(Nc1cccc(C)c1)C(=N)C=C(C)C. The van der Waals surface area contributed by atoms with Crippen molar-refractivity contribution in [1.82, 2.24) is 4.98 Å². The number of anilines is 1. The molecule has 3 heteroatoms. The smallest absolute Gasteiger partial charge is 0.0933 e. The number of aromatic nitrogens is 1. The fraction of sp³-hybridized carbons (Fsp3) is 0.208. The molecule has 3 rings (SSSR count). The molecule has 1 unspecified atom stereocenters. The van der Waals surface area contributed by atoms with Crippen LogP contribution in [0.5, 0.6) is 0 Å². The molecule has 3 N–H and O–H groups in total. The van der Waals surface area contributed by atoms with E-state index in [1.54, 1.807) is 0 Å². The fourth-order valence-corrected chi connectivity index (χ4v) is 3.31. The lowest BCUT2D eigenvalue weighted by Gasteiger charge is -2.22. The number of rotatable bonds is 6. The maximum atomic E-state index is 8.64. The summed E-state index contributed by atoms with van der Waals surface area (Å²) in [6, 6.07) is 14.3. The topological polar surface area (TPSA) is 51.7 Å². The van der Waals surface area contributed by atoms with Crippen LogP contribution in [-0.2, 0) is 0 Å². The number of fused-ring (bicyclic) bond motifs is 1. The molecule has 1 aromatic heterocycles. The first kappa shape index (κ1) is 18.7. The first-order valence-electron chi connectivity index (χ1n) is 9.18. The third-order valence-electron chi connectivity index (χ3n) is 4.62. The lowest BCUT2D eigenvalue weighted by atomic mass is 9.94. The molecule has 27 heavy (non-hydrogen) atoms. The van der Waals surface area contributed by atoms with Crippen LogP contribution in [0.25, 0.3) is 16.5 Å². The van der Waals surface area contributed by atoms with E-state index >= 15 is 0 Å². The number of benzene rings is 2. The first-order chi connectivity index (χ1) is 12.8. The number of allylic oxidation sites excluding steroid dienone is 1. The Labute approximate surface area is 161 Å². The highest BCUT2D eigenvalue weighted by Gasteiger charge is 2.20. The normalized spacial score (nSPS) is 11.9. The quantitative estimate of drug-likeness (QED) is 0.448. The van der Waals surface area contributed by atoms with E-state index in [9.17, 15) is 0 Å². The molecule has 138 valence electrons. The van der Waals surface area contributed by atoms with Gasteiger partial charge in [-0.25, -0.2) is 0 Å². The Hall–Kier alpha value is -3.07. The van der Waals surface area contributed by atoms with Crippen molar-refractivity contribution in [1.29, 1.82) is 5.41 Å². The minimum Gasteiger partial charge on any atom is -0.373 e. The van der Waals surface area contributed by atoms with Crippen LogP contribution in [0.15, 0.2) is 66.9 Å². The summed E-state index contributed by atoms with van der Waals surface area (Å²) < 4.78 is 0. The molecule has 1 atom stereocenters.